The quantitative estimate of drug-likeness (QED) is 0.817. The van der Waals surface area contributed by atoms with E-state index in [1.807, 2.05) is 24.3 Å². The minimum atomic E-state index is -0.401. The topological polar surface area (TPSA) is 55.1 Å². The highest BCUT2D eigenvalue weighted by Gasteiger charge is 2.12. The minimum absolute atomic E-state index is 0.122. The van der Waals surface area contributed by atoms with Gasteiger partial charge >= 0.3 is 0 Å². The van der Waals surface area contributed by atoms with E-state index in [0.717, 1.165) is 12.0 Å². The molecule has 5 heteroatoms. The van der Waals surface area contributed by atoms with E-state index in [4.69, 9.17) is 17.3 Å². The highest BCUT2D eigenvalue weighted by Crippen LogP contribution is 2.10. The van der Waals surface area contributed by atoms with Crippen LogP contribution in [0.3, 0.4) is 0 Å². The summed E-state index contributed by atoms with van der Waals surface area (Å²) in [6.07, 6.45) is 1.25. The Balaban J connectivity index is 1.72. The molecule has 0 saturated heterocycles. The lowest BCUT2D eigenvalue weighted by molar-refractivity contribution is -0.121. The van der Waals surface area contributed by atoms with Crippen LogP contribution in [0.1, 0.15) is 17.5 Å². The van der Waals surface area contributed by atoms with Gasteiger partial charge in [-0.05, 0) is 42.2 Å². The Hall–Kier alpha value is -1.91. The van der Waals surface area contributed by atoms with E-state index in [-0.39, 0.29) is 18.1 Å². The largest absolute Gasteiger partial charge is 0.356 e. The standard InChI is InChI=1S/C18H20ClFN2O/c19-15-7-5-13(6-8-15)9-10-22-18(23)12-16(21)11-14-3-1-2-4-17(14)20/h1-8,16H,9-12,21H2,(H,22,23)/t16-/m1/s1. The normalized spacial score (nSPS) is 12.0. The van der Waals surface area contributed by atoms with E-state index in [1.54, 1.807) is 18.2 Å². The number of hydrogen-bond donors (Lipinski definition) is 2. The van der Waals surface area contributed by atoms with Crippen molar-refractivity contribution >= 4 is 17.5 Å². The fourth-order valence-electron chi connectivity index (χ4n) is 2.33. The summed E-state index contributed by atoms with van der Waals surface area (Å²) in [4.78, 5) is 11.9. The van der Waals surface area contributed by atoms with Crippen molar-refractivity contribution in [3.8, 4) is 0 Å². The van der Waals surface area contributed by atoms with Crippen LogP contribution in [0.4, 0.5) is 4.39 Å². The summed E-state index contributed by atoms with van der Waals surface area (Å²) < 4.78 is 13.5. The summed E-state index contributed by atoms with van der Waals surface area (Å²) in [7, 11) is 0. The molecular weight excluding hydrogens is 315 g/mol. The van der Waals surface area contributed by atoms with Crippen LogP contribution in [-0.4, -0.2) is 18.5 Å². The first kappa shape index (κ1) is 17.4. The number of benzene rings is 2. The van der Waals surface area contributed by atoms with Crippen molar-refractivity contribution in [3.05, 3.63) is 70.5 Å². The number of nitrogens with one attached hydrogen (secondary N) is 1. The Morgan fingerprint density at radius 1 is 1.17 bits per heavy atom. The van der Waals surface area contributed by atoms with Crippen molar-refractivity contribution in [2.75, 3.05) is 6.54 Å². The summed E-state index contributed by atoms with van der Waals surface area (Å²) in [5, 5.41) is 3.52. The molecule has 3 nitrogen and oxygen atoms in total. The van der Waals surface area contributed by atoms with Gasteiger partial charge in [0.05, 0.1) is 0 Å². The van der Waals surface area contributed by atoms with Crippen molar-refractivity contribution in [1.29, 1.82) is 0 Å². The van der Waals surface area contributed by atoms with E-state index in [9.17, 15) is 9.18 Å². The summed E-state index contributed by atoms with van der Waals surface area (Å²) in [5.74, 6) is -0.408. The van der Waals surface area contributed by atoms with E-state index in [0.29, 0.717) is 23.6 Å². The molecule has 23 heavy (non-hydrogen) atoms. The first-order valence-electron chi connectivity index (χ1n) is 7.54. The average Bonchev–Trinajstić information content (AvgIpc) is 2.51. The minimum Gasteiger partial charge on any atom is -0.356 e. The molecule has 2 rings (SSSR count). The number of hydrogen-bond acceptors (Lipinski definition) is 2. The van der Waals surface area contributed by atoms with Crippen molar-refractivity contribution in [1.82, 2.24) is 5.32 Å². The second-order valence-corrected chi connectivity index (χ2v) is 5.92. The zero-order valence-electron chi connectivity index (χ0n) is 12.8. The van der Waals surface area contributed by atoms with Gasteiger partial charge in [0.2, 0.25) is 5.91 Å². The highest BCUT2D eigenvalue weighted by molar-refractivity contribution is 6.30. The zero-order valence-corrected chi connectivity index (χ0v) is 13.5. The summed E-state index contributed by atoms with van der Waals surface area (Å²) in [6, 6.07) is 13.6. The molecule has 0 bridgehead atoms. The molecule has 1 amide bonds. The van der Waals surface area contributed by atoms with E-state index in [2.05, 4.69) is 5.32 Å². The van der Waals surface area contributed by atoms with Gasteiger partial charge in [0.1, 0.15) is 5.82 Å². The molecule has 0 radical (unpaired) electrons. The van der Waals surface area contributed by atoms with Crippen LogP contribution in [0, 0.1) is 5.82 Å². The molecule has 0 aliphatic carbocycles. The van der Waals surface area contributed by atoms with Gasteiger partial charge in [-0.15, -0.1) is 0 Å². The zero-order chi connectivity index (χ0) is 16.7. The highest BCUT2D eigenvalue weighted by atomic mass is 35.5. The molecule has 0 aromatic heterocycles. The molecule has 0 unspecified atom stereocenters. The van der Waals surface area contributed by atoms with Crippen LogP contribution in [0.5, 0.6) is 0 Å². The van der Waals surface area contributed by atoms with Crippen molar-refractivity contribution in [2.24, 2.45) is 5.73 Å². The third-order valence-electron chi connectivity index (χ3n) is 3.54. The molecule has 0 fully saturated rings. The van der Waals surface area contributed by atoms with Gasteiger partial charge in [0.25, 0.3) is 0 Å². The van der Waals surface area contributed by atoms with E-state index >= 15 is 0 Å². The van der Waals surface area contributed by atoms with Crippen LogP contribution in [0.25, 0.3) is 0 Å². The van der Waals surface area contributed by atoms with Crippen LogP contribution in [-0.2, 0) is 17.6 Å². The molecule has 3 N–H and O–H groups in total. The Bertz CT molecular complexity index is 646. The molecule has 1 atom stereocenters. The Labute approximate surface area is 140 Å². The fraction of sp³-hybridized carbons (Fsp3) is 0.278. The third-order valence-corrected chi connectivity index (χ3v) is 3.79. The molecule has 2 aromatic rings. The van der Waals surface area contributed by atoms with Gasteiger partial charge in [0, 0.05) is 24.0 Å². The summed E-state index contributed by atoms with van der Waals surface area (Å²) in [5.41, 5.74) is 7.57. The molecule has 2 aromatic carbocycles. The maximum Gasteiger partial charge on any atom is 0.221 e. The molecule has 122 valence electrons. The second-order valence-electron chi connectivity index (χ2n) is 5.49. The fourth-order valence-corrected chi connectivity index (χ4v) is 2.45. The van der Waals surface area contributed by atoms with Gasteiger partial charge in [-0.3, -0.25) is 4.79 Å². The van der Waals surface area contributed by atoms with Gasteiger partial charge in [0.15, 0.2) is 0 Å². The van der Waals surface area contributed by atoms with E-state index < -0.39 is 6.04 Å². The number of amides is 1. The molecule has 0 aliphatic rings. The van der Waals surface area contributed by atoms with Gasteiger partial charge in [-0.2, -0.15) is 0 Å². The summed E-state index contributed by atoms with van der Waals surface area (Å²) >= 11 is 5.82. The second kappa shape index (κ2) is 8.65. The number of halogens is 2. The number of carbonyl (C=O) groups excluding carboxylic acids is 1. The molecule has 0 heterocycles. The first-order chi connectivity index (χ1) is 11.0. The number of carbonyl (C=O) groups is 1. The number of rotatable bonds is 7. The lowest BCUT2D eigenvalue weighted by Gasteiger charge is -2.12. The predicted octanol–water partition coefficient (Wildman–Crippen LogP) is 3.10. The Kier molecular flexibility index (Phi) is 6.56. The molecule has 0 spiro atoms. The SMILES string of the molecule is N[C@@H](CC(=O)NCCc1ccc(Cl)cc1)Cc1ccccc1F. The van der Waals surface area contributed by atoms with Gasteiger partial charge < -0.3 is 11.1 Å². The van der Waals surface area contributed by atoms with E-state index in [1.165, 1.54) is 6.07 Å². The van der Waals surface area contributed by atoms with Crippen molar-refractivity contribution < 1.29 is 9.18 Å². The van der Waals surface area contributed by atoms with Crippen LogP contribution in [0.2, 0.25) is 5.02 Å². The van der Waals surface area contributed by atoms with Gasteiger partial charge in [-0.25, -0.2) is 4.39 Å². The van der Waals surface area contributed by atoms with Crippen LogP contribution >= 0.6 is 11.6 Å². The number of nitrogens with two attached hydrogens (primary N) is 1. The first-order valence-corrected chi connectivity index (χ1v) is 7.92. The Morgan fingerprint density at radius 3 is 2.57 bits per heavy atom. The molecule has 0 aliphatic heterocycles. The molecular formula is C18H20ClFN2O. The maximum atomic E-state index is 13.5. The third kappa shape index (κ3) is 6.00. The lowest BCUT2D eigenvalue weighted by Crippen LogP contribution is -2.34. The smallest absolute Gasteiger partial charge is 0.221 e. The van der Waals surface area contributed by atoms with Gasteiger partial charge in [-0.1, -0.05) is 41.9 Å². The van der Waals surface area contributed by atoms with Crippen molar-refractivity contribution in [3.63, 3.8) is 0 Å². The molecule has 0 saturated carbocycles. The van der Waals surface area contributed by atoms with Crippen LogP contribution in [0.15, 0.2) is 48.5 Å². The monoisotopic (exact) mass is 334 g/mol. The van der Waals surface area contributed by atoms with Crippen LogP contribution < -0.4 is 11.1 Å². The lowest BCUT2D eigenvalue weighted by atomic mass is 10.0. The Morgan fingerprint density at radius 2 is 1.87 bits per heavy atom. The maximum absolute atomic E-state index is 13.5. The van der Waals surface area contributed by atoms with Crippen molar-refractivity contribution in [2.45, 2.75) is 25.3 Å². The predicted molar refractivity (Wildman–Crippen MR) is 90.9 cm³/mol. The average molecular weight is 335 g/mol. The summed E-state index contributed by atoms with van der Waals surface area (Å²) in [6.45, 7) is 0.535.